The summed E-state index contributed by atoms with van der Waals surface area (Å²) in [4.78, 5) is 12.6. The van der Waals surface area contributed by atoms with E-state index in [1.165, 1.54) is 6.07 Å². The molecule has 43 valence electrons. The Kier molecular flexibility index (Phi) is 3.61. The first-order chi connectivity index (χ1) is 3.80. The minimum Gasteiger partial charge on any atom is -0.477 e. The van der Waals surface area contributed by atoms with Gasteiger partial charge < -0.3 is 10.1 Å². The van der Waals surface area contributed by atoms with Gasteiger partial charge in [0.05, 0.1) is 0 Å². The Balaban J connectivity index is 0.000000640. The van der Waals surface area contributed by atoms with Crippen molar-refractivity contribution in [2.45, 2.75) is 0 Å². The first-order valence-electron chi connectivity index (χ1n) is 2.17. The van der Waals surface area contributed by atoms with Crippen molar-refractivity contribution in [3.8, 4) is 0 Å². The number of carbonyl (C=O) groups is 1. The molecule has 0 aromatic carbocycles. The van der Waals surface area contributed by atoms with Crippen molar-refractivity contribution in [2.24, 2.45) is 0 Å². The van der Waals surface area contributed by atoms with Crippen molar-refractivity contribution < 1.29 is 9.90 Å². The molecule has 0 aliphatic heterocycles. The molecule has 0 atom stereocenters. The van der Waals surface area contributed by atoms with Crippen molar-refractivity contribution >= 4 is 35.5 Å². The first kappa shape index (κ1) is 8.75. The number of carboxylic acid groups (broad SMARTS) is 1. The molecular formula is C5H5NNaO2. The van der Waals surface area contributed by atoms with Crippen LogP contribution in [0.5, 0.6) is 0 Å². The van der Waals surface area contributed by atoms with E-state index in [-0.39, 0.29) is 35.3 Å². The molecule has 0 unspecified atom stereocenters. The fourth-order valence-electron chi connectivity index (χ4n) is 0.463. The van der Waals surface area contributed by atoms with Crippen molar-refractivity contribution in [3.05, 3.63) is 24.0 Å². The zero-order chi connectivity index (χ0) is 5.98. The van der Waals surface area contributed by atoms with E-state index in [4.69, 9.17) is 5.11 Å². The van der Waals surface area contributed by atoms with E-state index in [2.05, 4.69) is 4.98 Å². The zero-order valence-corrected chi connectivity index (χ0v) is 7.09. The third-order valence-electron chi connectivity index (χ3n) is 0.828. The molecule has 1 rings (SSSR count). The van der Waals surface area contributed by atoms with E-state index in [1.807, 2.05) is 0 Å². The molecule has 0 saturated heterocycles. The smallest absolute Gasteiger partial charge is 0.352 e. The topological polar surface area (TPSA) is 53.1 Å². The Morgan fingerprint density at radius 1 is 1.67 bits per heavy atom. The Morgan fingerprint density at radius 3 is 2.56 bits per heavy atom. The van der Waals surface area contributed by atoms with E-state index in [1.54, 1.807) is 12.3 Å². The maximum Gasteiger partial charge on any atom is 0.352 e. The SMILES string of the molecule is O=C(O)c1ccc[nH]1.[Na]. The quantitative estimate of drug-likeness (QED) is 0.544. The Bertz CT molecular complexity index is 183. The third-order valence-corrected chi connectivity index (χ3v) is 0.828. The van der Waals surface area contributed by atoms with Crippen molar-refractivity contribution in [1.82, 2.24) is 4.98 Å². The largest absolute Gasteiger partial charge is 0.477 e. The fourth-order valence-corrected chi connectivity index (χ4v) is 0.463. The van der Waals surface area contributed by atoms with Crippen LogP contribution in [0.25, 0.3) is 0 Å². The van der Waals surface area contributed by atoms with Gasteiger partial charge >= 0.3 is 5.97 Å². The van der Waals surface area contributed by atoms with E-state index in [0.717, 1.165) is 0 Å². The minimum absolute atomic E-state index is 0. The molecule has 4 heteroatoms. The minimum atomic E-state index is -0.921. The van der Waals surface area contributed by atoms with Gasteiger partial charge in [0.2, 0.25) is 0 Å². The standard InChI is InChI=1S/C5H5NO2.Na/c7-5(8)4-2-1-3-6-4;/h1-3,6H,(H,7,8);. The molecule has 1 radical (unpaired) electrons. The monoisotopic (exact) mass is 134 g/mol. The molecule has 1 aromatic heterocycles. The summed E-state index contributed by atoms with van der Waals surface area (Å²) < 4.78 is 0. The summed E-state index contributed by atoms with van der Waals surface area (Å²) in [7, 11) is 0. The second kappa shape index (κ2) is 3.71. The summed E-state index contributed by atoms with van der Waals surface area (Å²) in [5, 5.41) is 8.24. The molecule has 2 N–H and O–H groups in total. The van der Waals surface area contributed by atoms with Gasteiger partial charge in [0.1, 0.15) is 5.69 Å². The average Bonchev–Trinajstić information content (AvgIpc) is 2.12. The van der Waals surface area contributed by atoms with Gasteiger partial charge in [-0.05, 0) is 12.1 Å². The van der Waals surface area contributed by atoms with Gasteiger partial charge in [-0.25, -0.2) is 4.79 Å². The number of nitrogens with one attached hydrogen (secondary N) is 1. The van der Waals surface area contributed by atoms with Gasteiger partial charge in [0, 0.05) is 35.8 Å². The number of aromatic nitrogens is 1. The second-order valence-electron chi connectivity index (χ2n) is 1.39. The first-order valence-corrected chi connectivity index (χ1v) is 2.17. The number of aromatic amines is 1. The Morgan fingerprint density at radius 2 is 2.33 bits per heavy atom. The fraction of sp³-hybridized carbons (Fsp3) is 0. The number of rotatable bonds is 1. The van der Waals surface area contributed by atoms with Gasteiger partial charge in [-0.3, -0.25) is 0 Å². The molecule has 0 bridgehead atoms. The number of H-pyrrole nitrogens is 1. The number of aromatic carboxylic acids is 1. The molecule has 0 spiro atoms. The Labute approximate surface area is 74.4 Å². The molecule has 0 saturated carbocycles. The average molecular weight is 134 g/mol. The molecule has 1 aromatic rings. The molecule has 1 heterocycles. The van der Waals surface area contributed by atoms with Gasteiger partial charge in [-0.15, -0.1) is 0 Å². The van der Waals surface area contributed by atoms with Crippen LogP contribution in [0, 0.1) is 0 Å². The Hall–Kier alpha value is -0.250. The van der Waals surface area contributed by atoms with Crippen LogP contribution in [0.15, 0.2) is 18.3 Å². The van der Waals surface area contributed by atoms with Crippen molar-refractivity contribution in [3.63, 3.8) is 0 Å². The predicted molar refractivity (Wildman–Crippen MR) is 33.5 cm³/mol. The van der Waals surface area contributed by atoms with Gasteiger partial charge in [-0.2, -0.15) is 0 Å². The number of hydrogen-bond donors (Lipinski definition) is 2. The van der Waals surface area contributed by atoms with Crippen LogP contribution in [0.2, 0.25) is 0 Å². The molecule has 0 aliphatic rings. The zero-order valence-electron chi connectivity index (χ0n) is 5.09. The van der Waals surface area contributed by atoms with Crippen molar-refractivity contribution in [1.29, 1.82) is 0 Å². The van der Waals surface area contributed by atoms with Crippen LogP contribution in [-0.4, -0.2) is 45.6 Å². The summed E-state index contributed by atoms with van der Waals surface area (Å²) in [6.07, 6.45) is 1.57. The molecular weight excluding hydrogens is 129 g/mol. The molecule has 0 aliphatic carbocycles. The van der Waals surface area contributed by atoms with Crippen LogP contribution in [0.1, 0.15) is 10.5 Å². The summed E-state index contributed by atoms with van der Waals surface area (Å²) in [5.74, 6) is -0.921. The van der Waals surface area contributed by atoms with Crippen LogP contribution in [-0.2, 0) is 0 Å². The van der Waals surface area contributed by atoms with Crippen LogP contribution in [0.4, 0.5) is 0 Å². The van der Waals surface area contributed by atoms with Gasteiger partial charge in [0.15, 0.2) is 0 Å². The van der Waals surface area contributed by atoms with E-state index in [9.17, 15) is 4.79 Å². The number of carboxylic acids is 1. The summed E-state index contributed by atoms with van der Waals surface area (Å²) >= 11 is 0. The summed E-state index contributed by atoms with van der Waals surface area (Å²) in [6, 6.07) is 3.14. The molecule has 0 fully saturated rings. The third kappa shape index (κ3) is 2.22. The second-order valence-corrected chi connectivity index (χ2v) is 1.39. The number of hydrogen-bond acceptors (Lipinski definition) is 1. The predicted octanol–water partition coefficient (Wildman–Crippen LogP) is 0.332. The van der Waals surface area contributed by atoms with Crippen molar-refractivity contribution in [2.75, 3.05) is 0 Å². The van der Waals surface area contributed by atoms with E-state index < -0.39 is 5.97 Å². The summed E-state index contributed by atoms with van der Waals surface area (Å²) in [5.41, 5.74) is 0.227. The molecule has 3 nitrogen and oxygen atoms in total. The maximum atomic E-state index is 10.0. The summed E-state index contributed by atoms with van der Waals surface area (Å²) in [6.45, 7) is 0. The van der Waals surface area contributed by atoms with Crippen LogP contribution in [0.3, 0.4) is 0 Å². The van der Waals surface area contributed by atoms with Gasteiger partial charge in [0.25, 0.3) is 0 Å². The molecule has 9 heavy (non-hydrogen) atoms. The van der Waals surface area contributed by atoms with Gasteiger partial charge in [-0.1, -0.05) is 0 Å². The van der Waals surface area contributed by atoms with Crippen LogP contribution >= 0.6 is 0 Å². The van der Waals surface area contributed by atoms with Crippen LogP contribution < -0.4 is 0 Å². The van der Waals surface area contributed by atoms with E-state index >= 15 is 0 Å². The van der Waals surface area contributed by atoms with E-state index in [0.29, 0.717) is 0 Å². The normalized spacial score (nSPS) is 8.00. The molecule has 0 amide bonds. The maximum absolute atomic E-state index is 10.0.